The number of rotatable bonds is 5. The van der Waals surface area contributed by atoms with E-state index in [2.05, 4.69) is 10.3 Å². The minimum Gasteiger partial charge on any atom is -0.473 e. The molecule has 0 radical (unpaired) electrons. The zero-order chi connectivity index (χ0) is 12.1. The second kappa shape index (κ2) is 5.80. The Labute approximate surface area is 96.0 Å². The predicted molar refractivity (Wildman–Crippen MR) is 61.9 cm³/mol. The average Bonchev–Trinajstić information content (AvgIpc) is 2.18. The van der Waals surface area contributed by atoms with E-state index in [0.717, 1.165) is 0 Å². The molecule has 0 saturated heterocycles. The van der Waals surface area contributed by atoms with Crippen molar-refractivity contribution in [2.45, 2.75) is 46.4 Å². The van der Waals surface area contributed by atoms with Crippen LogP contribution in [0.3, 0.4) is 0 Å². The number of ether oxygens (including phenoxy) is 1. The number of hydrogen-bond acceptors (Lipinski definition) is 3. The van der Waals surface area contributed by atoms with Crippen molar-refractivity contribution in [3.05, 3.63) is 23.6 Å². The van der Waals surface area contributed by atoms with Gasteiger partial charge >= 0.3 is 0 Å². The van der Waals surface area contributed by atoms with Gasteiger partial charge in [-0.1, -0.05) is 13.8 Å². The molecule has 1 N–H and O–H groups in total. The van der Waals surface area contributed by atoms with Gasteiger partial charge in [-0.3, -0.25) is 0 Å². The van der Waals surface area contributed by atoms with Crippen LogP contribution in [0.15, 0.2) is 12.3 Å². The van der Waals surface area contributed by atoms with Crippen molar-refractivity contribution in [3.8, 4) is 5.88 Å². The zero-order valence-corrected chi connectivity index (χ0v) is 10.2. The fourth-order valence-corrected chi connectivity index (χ4v) is 1.22. The Morgan fingerprint density at radius 1 is 1.38 bits per heavy atom. The van der Waals surface area contributed by atoms with E-state index in [4.69, 9.17) is 4.74 Å². The van der Waals surface area contributed by atoms with Gasteiger partial charge in [0.05, 0.1) is 6.10 Å². The van der Waals surface area contributed by atoms with Gasteiger partial charge in [-0.2, -0.15) is 0 Å². The molecule has 0 amide bonds. The van der Waals surface area contributed by atoms with E-state index >= 15 is 0 Å². The molecule has 0 bridgehead atoms. The highest BCUT2D eigenvalue weighted by atomic mass is 19.1. The average molecular weight is 226 g/mol. The summed E-state index contributed by atoms with van der Waals surface area (Å²) >= 11 is 0. The minimum atomic E-state index is -0.371. The van der Waals surface area contributed by atoms with E-state index < -0.39 is 0 Å². The highest BCUT2D eigenvalue weighted by Crippen LogP contribution is 2.18. The standard InChI is InChI=1S/C12H19FN2O/c1-8(2)15-7-10-5-6-14-12(11(10)13)16-9(3)4/h5-6,8-9,15H,7H2,1-4H3. The van der Waals surface area contributed by atoms with Gasteiger partial charge in [-0.25, -0.2) is 9.37 Å². The maximum atomic E-state index is 13.9. The summed E-state index contributed by atoms with van der Waals surface area (Å²) < 4.78 is 19.1. The maximum absolute atomic E-state index is 13.9. The van der Waals surface area contributed by atoms with Gasteiger partial charge in [0.1, 0.15) is 0 Å². The lowest BCUT2D eigenvalue weighted by molar-refractivity contribution is 0.220. The summed E-state index contributed by atoms with van der Waals surface area (Å²) in [5, 5.41) is 3.16. The molecule has 0 aliphatic rings. The Balaban J connectivity index is 2.78. The Morgan fingerprint density at radius 2 is 2.06 bits per heavy atom. The van der Waals surface area contributed by atoms with Crippen LogP contribution in [-0.2, 0) is 6.54 Å². The topological polar surface area (TPSA) is 34.2 Å². The number of halogens is 1. The van der Waals surface area contributed by atoms with Crippen LogP contribution in [0.4, 0.5) is 4.39 Å². The lowest BCUT2D eigenvalue weighted by atomic mass is 10.2. The molecule has 1 aromatic rings. The number of hydrogen-bond donors (Lipinski definition) is 1. The first-order valence-corrected chi connectivity index (χ1v) is 5.54. The van der Waals surface area contributed by atoms with Crippen molar-refractivity contribution in [2.24, 2.45) is 0 Å². The van der Waals surface area contributed by atoms with Crippen LogP contribution in [0.1, 0.15) is 33.3 Å². The SMILES string of the molecule is CC(C)NCc1ccnc(OC(C)C)c1F. The predicted octanol–water partition coefficient (Wildman–Crippen LogP) is 2.51. The zero-order valence-electron chi connectivity index (χ0n) is 10.2. The third-order valence-electron chi connectivity index (χ3n) is 1.99. The lowest BCUT2D eigenvalue weighted by Crippen LogP contribution is -2.22. The molecule has 1 heterocycles. The summed E-state index contributed by atoms with van der Waals surface area (Å²) in [7, 11) is 0. The first kappa shape index (κ1) is 12.9. The molecule has 0 saturated carbocycles. The van der Waals surface area contributed by atoms with Crippen LogP contribution in [0, 0.1) is 5.82 Å². The van der Waals surface area contributed by atoms with Crippen molar-refractivity contribution in [1.82, 2.24) is 10.3 Å². The molecule has 0 aliphatic carbocycles. The van der Waals surface area contributed by atoms with Crippen LogP contribution in [0.25, 0.3) is 0 Å². The largest absolute Gasteiger partial charge is 0.473 e. The van der Waals surface area contributed by atoms with E-state index in [1.54, 1.807) is 12.3 Å². The van der Waals surface area contributed by atoms with Gasteiger partial charge in [0.25, 0.3) is 5.88 Å². The third-order valence-corrected chi connectivity index (χ3v) is 1.99. The fourth-order valence-electron chi connectivity index (χ4n) is 1.22. The van der Waals surface area contributed by atoms with Gasteiger partial charge in [0.15, 0.2) is 5.82 Å². The van der Waals surface area contributed by atoms with Gasteiger partial charge in [-0.05, 0) is 19.9 Å². The van der Waals surface area contributed by atoms with Crippen molar-refractivity contribution < 1.29 is 9.13 Å². The Morgan fingerprint density at radius 3 is 2.62 bits per heavy atom. The monoisotopic (exact) mass is 226 g/mol. The first-order chi connectivity index (χ1) is 7.50. The highest BCUT2D eigenvalue weighted by molar-refractivity contribution is 5.23. The molecule has 1 rings (SSSR count). The maximum Gasteiger partial charge on any atom is 0.250 e. The smallest absolute Gasteiger partial charge is 0.250 e. The van der Waals surface area contributed by atoms with Crippen LogP contribution < -0.4 is 10.1 Å². The summed E-state index contributed by atoms with van der Waals surface area (Å²) in [5.41, 5.74) is 0.583. The molecule has 0 aliphatic heterocycles. The highest BCUT2D eigenvalue weighted by Gasteiger charge is 2.11. The third kappa shape index (κ3) is 3.77. The van der Waals surface area contributed by atoms with Gasteiger partial charge in [0, 0.05) is 24.3 Å². The van der Waals surface area contributed by atoms with Crippen LogP contribution in [0.2, 0.25) is 0 Å². The molecule has 4 heteroatoms. The molecule has 3 nitrogen and oxygen atoms in total. The summed E-state index contributed by atoms with van der Waals surface area (Å²) in [6.45, 7) is 8.22. The van der Waals surface area contributed by atoms with Crippen molar-refractivity contribution >= 4 is 0 Å². The molecule has 0 aromatic carbocycles. The number of nitrogens with one attached hydrogen (secondary N) is 1. The normalized spacial score (nSPS) is 11.2. The van der Waals surface area contributed by atoms with Crippen molar-refractivity contribution in [1.29, 1.82) is 0 Å². The second-order valence-corrected chi connectivity index (χ2v) is 4.29. The van der Waals surface area contributed by atoms with Gasteiger partial charge in [0.2, 0.25) is 0 Å². The fraction of sp³-hybridized carbons (Fsp3) is 0.583. The van der Waals surface area contributed by atoms with E-state index in [1.165, 1.54) is 0 Å². The van der Waals surface area contributed by atoms with E-state index in [9.17, 15) is 4.39 Å². The molecule has 90 valence electrons. The Hall–Kier alpha value is -1.16. The number of pyridine rings is 1. The van der Waals surface area contributed by atoms with E-state index in [-0.39, 0.29) is 17.8 Å². The first-order valence-electron chi connectivity index (χ1n) is 5.54. The van der Waals surface area contributed by atoms with E-state index in [1.807, 2.05) is 27.7 Å². The minimum absolute atomic E-state index is 0.0738. The van der Waals surface area contributed by atoms with Gasteiger partial charge < -0.3 is 10.1 Å². The number of aromatic nitrogens is 1. The lowest BCUT2D eigenvalue weighted by Gasteiger charge is -2.13. The summed E-state index contributed by atoms with van der Waals surface area (Å²) in [4.78, 5) is 3.88. The van der Waals surface area contributed by atoms with Crippen LogP contribution in [-0.4, -0.2) is 17.1 Å². The molecule has 0 atom stereocenters. The molecular weight excluding hydrogens is 207 g/mol. The van der Waals surface area contributed by atoms with Gasteiger partial charge in [-0.15, -0.1) is 0 Å². The van der Waals surface area contributed by atoms with Crippen LogP contribution in [0.5, 0.6) is 5.88 Å². The molecular formula is C12H19FN2O. The Kier molecular flexibility index (Phi) is 4.68. The Bertz CT molecular complexity index is 340. The molecule has 0 unspecified atom stereocenters. The molecule has 0 spiro atoms. The molecule has 0 fully saturated rings. The van der Waals surface area contributed by atoms with E-state index in [0.29, 0.717) is 18.2 Å². The van der Waals surface area contributed by atoms with Crippen molar-refractivity contribution in [2.75, 3.05) is 0 Å². The molecule has 1 aromatic heterocycles. The summed E-state index contributed by atoms with van der Waals surface area (Å²) in [6, 6.07) is 1.99. The second-order valence-electron chi connectivity index (χ2n) is 4.29. The summed E-state index contributed by atoms with van der Waals surface area (Å²) in [6.07, 6.45) is 1.49. The van der Waals surface area contributed by atoms with Crippen molar-refractivity contribution in [3.63, 3.8) is 0 Å². The molecule has 16 heavy (non-hydrogen) atoms. The number of nitrogens with zero attached hydrogens (tertiary/aromatic N) is 1. The summed E-state index contributed by atoms with van der Waals surface area (Å²) in [5.74, 6) is -0.289. The quantitative estimate of drug-likeness (QED) is 0.837. The van der Waals surface area contributed by atoms with Crippen LogP contribution >= 0.6 is 0 Å².